The Labute approximate surface area is 273 Å². The fraction of sp³-hybridized carbons (Fsp3) is 0.297. The molecule has 4 rings (SSSR count). The summed E-state index contributed by atoms with van der Waals surface area (Å²) in [6.45, 7) is 7.20. The van der Waals surface area contributed by atoms with Crippen LogP contribution in [-0.4, -0.2) is 50.4 Å². The fourth-order valence-electron chi connectivity index (χ4n) is 5.12. The van der Waals surface area contributed by atoms with E-state index in [0.717, 1.165) is 27.4 Å². The molecule has 4 aromatic rings. The largest absolute Gasteiger partial charge is 0.497 e. The van der Waals surface area contributed by atoms with Crippen molar-refractivity contribution in [3.8, 4) is 5.75 Å². The summed E-state index contributed by atoms with van der Waals surface area (Å²) in [6.07, 6.45) is 1.01. The minimum absolute atomic E-state index is 0.0547. The van der Waals surface area contributed by atoms with Crippen LogP contribution in [0.1, 0.15) is 44.4 Å². The van der Waals surface area contributed by atoms with Crippen LogP contribution < -0.4 is 14.4 Å². The average Bonchev–Trinajstić information content (AvgIpc) is 3.05. The van der Waals surface area contributed by atoms with Crippen molar-refractivity contribution in [3.05, 3.63) is 126 Å². The van der Waals surface area contributed by atoms with Gasteiger partial charge in [0.1, 0.15) is 18.3 Å². The van der Waals surface area contributed by atoms with Gasteiger partial charge in [-0.2, -0.15) is 0 Å². The average molecular weight is 642 g/mol. The molecule has 0 spiro atoms. The lowest BCUT2D eigenvalue weighted by Gasteiger charge is -2.35. The summed E-state index contributed by atoms with van der Waals surface area (Å²) < 4.78 is 34.8. The highest BCUT2D eigenvalue weighted by Gasteiger charge is 2.35. The van der Waals surface area contributed by atoms with Crippen molar-refractivity contribution < 1.29 is 22.7 Å². The first-order chi connectivity index (χ1) is 21.9. The number of methoxy groups -OCH3 is 1. The highest BCUT2D eigenvalue weighted by atomic mass is 32.2. The van der Waals surface area contributed by atoms with Crippen molar-refractivity contribution in [2.75, 3.05) is 18.0 Å². The van der Waals surface area contributed by atoms with Gasteiger partial charge < -0.3 is 15.0 Å². The van der Waals surface area contributed by atoms with Gasteiger partial charge in [0.05, 0.1) is 17.7 Å². The molecule has 46 heavy (non-hydrogen) atoms. The lowest BCUT2D eigenvalue weighted by atomic mass is 10.0. The molecule has 0 radical (unpaired) electrons. The first-order valence-electron chi connectivity index (χ1n) is 15.4. The lowest BCUT2D eigenvalue weighted by molar-refractivity contribution is -0.140. The predicted molar refractivity (Wildman–Crippen MR) is 182 cm³/mol. The standard InChI is InChI=1S/C37H43N3O5S/c1-6-28-20-22-31(23-21-28)40(46(43,44)33-18-11-8-12-19-33)27-35(41)39(26-30-16-13-17-32(24-30)45-5)34(36(42)38-37(2,3)4)25-29-14-9-7-10-15-29/h7-24,34H,6,25-27H2,1-5H3,(H,38,42)/t34-/m0/s1. The van der Waals surface area contributed by atoms with Crippen molar-refractivity contribution in [1.29, 1.82) is 0 Å². The number of nitrogens with one attached hydrogen (secondary N) is 1. The Kier molecular flexibility index (Phi) is 11.2. The zero-order valence-corrected chi connectivity index (χ0v) is 28.0. The number of rotatable bonds is 13. The maximum absolute atomic E-state index is 14.6. The van der Waals surface area contributed by atoms with E-state index < -0.39 is 34.1 Å². The summed E-state index contributed by atoms with van der Waals surface area (Å²) in [5, 5.41) is 3.05. The lowest BCUT2D eigenvalue weighted by Crippen LogP contribution is -2.56. The number of hydrogen-bond acceptors (Lipinski definition) is 5. The number of carbonyl (C=O) groups excluding carboxylic acids is 2. The van der Waals surface area contributed by atoms with Crippen LogP contribution in [0.25, 0.3) is 0 Å². The number of benzene rings is 4. The van der Waals surface area contributed by atoms with Gasteiger partial charge in [0.15, 0.2) is 0 Å². The van der Waals surface area contributed by atoms with Crippen LogP contribution >= 0.6 is 0 Å². The number of carbonyl (C=O) groups is 2. The summed E-state index contributed by atoms with van der Waals surface area (Å²) >= 11 is 0. The molecule has 1 N–H and O–H groups in total. The van der Waals surface area contributed by atoms with Crippen LogP contribution in [0.15, 0.2) is 114 Å². The minimum atomic E-state index is -4.15. The van der Waals surface area contributed by atoms with Gasteiger partial charge in [0.2, 0.25) is 11.8 Å². The number of hydrogen-bond donors (Lipinski definition) is 1. The van der Waals surface area contributed by atoms with Crippen molar-refractivity contribution in [3.63, 3.8) is 0 Å². The Morgan fingerprint density at radius 2 is 1.41 bits per heavy atom. The molecule has 0 saturated heterocycles. The Morgan fingerprint density at radius 1 is 0.804 bits per heavy atom. The third kappa shape index (κ3) is 8.97. The topological polar surface area (TPSA) is 96.0 Å². The molecule has 0 bridgehead atoms. The SMILES string of the molecule is CCc1ccc(N(CC(=O)N(Cc2cccc(OC)c2)[C@@H](Cc2ccccc2)C(=O)NC(C)(C)C)S(=O)(=O)c2ccccc2)cc1. The fourth-order valence-corrected chi connectivity index (χ4v) is 6.56. The van der Waals surface area contributed by atoms with Gasteiger partial charge in [-0.1, -0.05) is 79.7 Å². The third-order valence-electron chi connectivity index (χ3n) is 7.50. The number of sulfonamides is 1. The molecular weight excluding hydrogens is 598 g/mol. The Morgan fingerprint density at radius 3 is 2.00 bits per heavy atom. The smallest absolute Gasteiger partial charge is 0.264 e. The molecule has 8 nitrogen and oxygen atoms in total. The monoisotopic (exact) mass is 641 g/mol. The molecule has 1 atom stereocenters. The van der Waals surface area contributed by atoms with Crippen LogP contribution in [-0.2, 0) is 39.0 Å². The van der Waals surface area contributed by atoms with Gasteiger partial charge in [-0.15, -0.1) is 0 Å². The van der Waals surface area contributed by atoms with Gasteiger partial charge in [-0.05, 0) is 80.3 Å². The molecular formula is C37H43N3O5S. The van der Waals surface area contributed by atoms with E-state index >= 15 is 0 Å². The summed E-state index contributed by atoms with van der Waals surface area (Å²) in [6, 6.07) is 31.0. The number of anilines is 1. The number of aryl methyl sites for hydroxylation is 1. The van der Waals surface area contributed by atoms with Gasteiger partial charge in [-0.3, -0.25) is 13.9 Å². The molecule has 2 amide bonds. The molecule has 4 aromatic carbocycles. The van der Waals surface area contributed by atoms with Crippen LogP contribution in [0, 0.1) is 0 Å². The van der Waals surface area contributed by atoms with Gasteiger partial charge in [0, 0.05) is 18.5 Å². The van der Waals surface area contributed by atoms with E-state index in [9.17, 15) is 18.0 Å². The van der Waals surface area contributed by atoms with E-state index in [2.05, 4.69) is 5.32 Å². The molecule has 0 aromatic heterocycles. The van der Waals surface area contributed by atoms with E-state index in [1.54, 1.807) is 43.5 Å². The second-order valence-electron chi connectivity index (χ2n) is 12.2. The van der Waals surface area contributed by atoms with Gasteiger partial charge in [0.25, 0.3) is 10.0 Å². The van der Waals surface area contributed by atoms with Crippen LogP contribution in [0.3, 0.4) is 0 Å². The second kappa shape index (κ2) is 15.1. The molecule has 0 aliphatic heterocycles. The minimum Gasteiger partial charge on any atom is -0.497 e. The molecule has 0 aliphatic carbocycles. The van der Waals surface area contributed by atoms with Crippen LogP contribution in [0.5, 0.6) is 5.75 Å². The van der Waals surface area contributed by atoms with Crippen molar-refractivity contribution in [2.45, 2.75) is 63.6 Å². The summed E-state index contributed by atoms with van der Waals surface area (Å²) in [5.74, 6) is -0.253. The predicted octanol–water partition coefficient (Wildman–Crippen LogP) is 6.01. The first kappa shape index (κ1) is 34.2. The Balaban J connectivity index is 1.82. The Bertz CT molecular complexity index is 1700. The van der Waals surface area contributed by atoms with E-state index in [1.165, 1.54) is 17.0 Å². The summed E-state index contributed by atoms with van der Waals surface area (Å²) in [4.78, 5) is 30.1. The molecule has 0 fully saturated rings. The normalized spacial score (nSPS) is 12.2. The highest BCUT2D eigenvalue weighted by molar-refractivity contribution is 7.92. The second-order valence-corrected chi connectivity index (χ2v) is 14.0. The van der Waals surface area contributed by atoms with E-state index in [4.69, 9.17) is 4.74 Å². The van der Waals surface area contributed by atoms with E-state index in [0.29, 0.717) is 11.4 Å². The quantitative estimate of drug-likeness (QED) is 0.193. The van der Waals surface area contributed by atoms with Crippen LogP contribution in [0.4, 0.5) is 5.69 Å². The molecule has 0 heterocycles. The van der Waals surface area contributed by atoms with Gasteiger partial charge in [-0.25, -0.2) is 8.42 Å². The van der Waals surface area contributed by atoms with Crippen molar-refractivity contribution in [1.82, 2.24) is 10.2 Å². The molecule has 0 aliphatic rings. The number of nitrogens with zero attached hydrogens (tertiary/aromatic N) is 2. The third-order valence-corrected chi connectivity index (χ3v) is 9.29. The Hall–Kier alpha value is -4.63. The highest BCUT2D eigenvalue weighted by Crippen LogP contribution is 2.26. The van der Waals surface area contributed by atoms with Crippen molar-refractivity contribution >= 4 is 27.5 Å². The number of amides is 2. The molecule has 0 unspecified atom stereocenters. The van der Waals surface area contributed by atoms with Crippen molar-refractivity contribution in [2.24, 2.45) is 0 Å². The zero-order chi connectivity index (χ0) is 33.3. The first-order valence-corrected chi connectivity index (χ1v) is 16.8. The van der Waals surface area contributed by atoms with Crippen LogP contribution in [0.2, 0.25) is 0 Å². The van der Waals surface area contributed by atoms with E-state index in [1.807, 2.05) is 88.4 Å². The maximum atomic E-state index is 14.6. The van der Waals surface area contributed by atoms with E-state index in [-0.39, 0.29) is 23.8 Å². The molecule has 9 heteroatoms. The molecule has 0 saturated carbocycles. The zero-order valence-electron chi connectivity index (χ0n) is 27.1. The van der Waals surface area contributed by atoms with Gasteiger partial charge >= 0.3 is 0 Å². The maximum Gasteiger partial charge on any atom is 0.264 e. The summed E-state index contributed by atoms with van der Waals surface area (Å²) in [5.41, 5.74) is 2.42. The molecule has 242 valence electrons. The summed E-state index contributed by atoms with van der Waals surface area (Å²) in [7, 11) is -2.59. The number of ether oxygens (including phenoxy) is 1.